The maximum absolute atomic E-state index is 12.2. The highest BCUT2D eigenvalue weighted by molar-refractivity contribution is 5.89. The second kappa shape index (κ2) is 5.93. The molecule has 1 heterocycles. The van der Waals surface area contributed by atoms with Crippen LogP contribution in [-0.2, 0) is 4.74 Å². The Balaban J connectivity index is 2.00. The molecule has 1 fully saturated rings. The lowest BCUT2D eigenvalue weighted by atomic mass is 10.2. The molecule has 0 radical (unpaired) electrons. The minimum atomic E-state index is -0.102. The van der Waals surface area contributed by atoms with Crippen molar-refractivity contribution in [1.29, 1.82) is 0 Å². The molecular weight excluding hydrogens is 244 g/mol. The van der Waals surface area contributed by atoms with Crippen LogP contribution in [0.3, 0.4) is 0 Å². The van der Waals surface area contributed by atoms with Gasteiger partial charge in [-0.3, -0.25) is 0 Å². The Kier molecular flexibility index (Phi) is 4.27. The van der Waals surface area contributed by atoms with Crippen LogP contribution in [0.25, 0.3) is 0 Å². The molecule has 1 aliphatic heterocycles. The van der Waals surface area contributed by atoms with Crippen molar-refractivity contribution >= 4 is 11.7 Å². The number of carbonyl (C=O) groups is 1. The van der Waals surface area contributed by atoms with Gasteiger partial charge in [-0.25, -0.2) is 4.79 Å². The SMILES string of the molecule is COc1cccc(NC(=O)N2C[C@H](C)O[C@@H](C)C2)c1. The molecule has 2 amide bonds. The van der Waals surface area contributed by atoms with Crippen LogP contribution in [-0.4, -0.2) is 43.3 Å². The lowest BCUT2D eigenvalue weighted by molar-refractivity contribution is -0.0530. The van der Waals surface area contributed by atoms with Crippen LogP contribution in [0.15, 0.2) is 24.3 Å². The van der Waals surface area contributed by atoms with E-state index in [2.05, 4.69) is 5.32 Å². The first-order chi connectivity index (χ1) is 9.08. The third kappa shape index (κ3) is 3.61. The molecule has 19 heavy (non-hydrogen) atoms. The van der Waals surface area contributed by atoms with E-state index in [0.29, 0.717) is 13.1 Å². The van der Waals surface area contributed by atoms with Crippen LogP contribution < -0.4 is 10.1 Å². The highest BCUT2D eigenvalue weighted by Crippen LogP contribution is 2.18. The summed E-state index contributed by atoms with van der Waals surface area (Å²) < 4.78 is 10.7. The fourth-order valence-electron chi connectivity index (χ4n) is 2.25. The molecule has 2 rings (SSSR count). The fraction of sp³-hybridized carbons (Fsp3) is 0.500. The summed E-state index contributed by atoms with van der Waals surface area (Å²) in [7, 11) is 1.60. The first-order valence-electron chi connectivity index (χ1n) is 6.44. The van der Waals surface area contributed by atoms with E-state index in [1.165, 1.54) is 0 Å². The third-order valence-corrected chi connectivity index (χ3v) is 3.03. The quantitative estimate of drug-likeness (QED) is 0.892. The molecule has 0 spiro atoms. The number of amides is 2. The Morgan fingerprint density at radius 2 is 2.05 bits per heavy atom. The Hall–Kier alpha value is -1.75. The van der Waals surface area contributed by atoms with E-state index >= 15 is 0 Å². The number of hydrogen-bond acceptors (Lipinski definition) is 3. The van der Waals surface area contributed by atoms with Gasteiger partial charge < -0.3 is 19.7 Å². The van der Waals surface area contributed by atoms with Crippen molar-refractivity contribution in [3.05, 3.63) is 24.3 Å². The van der Waals surface area contributed by atoms with E-state index in [-0.39, 0.29) is 18.2 Å². The number of hydrogen-bond donors (Lipinski definition) is 1. The first kappa shape index (κ1) is 13.7. The summed E-state index contributed by atoms with van der Waals surface area (Å²) in [5.74, 6) is 0.724. The Labute approximate surface area is 113 Å². The lowest BCUT2D eigenvalue weighted by Gasteiger charge is -2.35. The summed E-state index contributed by atoms with van der Waals surface area (Å²) >= 11 is 0. The van der Waals surface area contributed by atoms with Crippen molar-refractivity contribution < 1.29 is 14.3 Å². The predicted octanol–water partition coefficient (Wildman–Crippen LogP) is 2.34. The molecule has 0 aliphatic carbocycles. The zero-order valence-corrected chi connectivity index (χ0v) is 11.6. The number of methoxy groups -OCH3 is 1. The van der Waals surface area contributed by atoms with Crippen LogP contribution >= 0.6 is 0 Å². The maximum atomic E-state index is 12.2. The summed E-state index contributed by atoms with van der Waals surface area (Å²) in [6, 6.07) is 7.22. The predicted molar refractivity (Wildman–Crippen MR) is 73.6 cm³/mol. The molecule has 0 saturated carbocycles. The van der Waals surface area contributed by atoms with Crippen molar-refractivity contribution in [3.8, 4) is 5.75 Å². The van der Waals surface area contributed by atoms with Crippen molar-refractivity contribution in [2.45, 2.75) is 26.1 Å². The second-order valence-electron chi connectivity index (χ2n) is 4.82. The fourth-order valence-corrected chi connectivity index (χ4v) is 2.25. The summed E-state index contributed by atoms with van der Waals surface area (Å²) in [6.45, 7) is 5.17. The normalized spacial score (nSPS) is 23.0. The number of nitrogens with zero attached hydrogens (tertiary/aromatic N) is 1. The largest absolute Gasteiger partial charge is 0.497 e. The molecule has 0 bridgehead atoms. The van der Waals surface area contributed by atoms with Gasteiger partial charge >= 0.3 is 6.03 Å². The number of ether oxygens (including phenoxy) is 2. The van der Waals surface area contributed by atoms with Gasteiger partial charge in [-0.2, -0.15) is 0 Å². The molecule has 1 N–H and O–H groups in total. The van der Waals surface area contributed by atoms with Gasteiger partial charge in [0.05, 0.1) is 19.3 Å². The van der Waals surface area contributed by atoms with E-state index in [1.807, 2.05) is 32.0 Å². The van der Waals surface area contributed by atoms with Gasteiger partial charge in [0.2, 0.25) is 0 Å². The molecule has 5 heteroatoms. The van der Waals surface area contributed by atoms with Crippen LogP contribution in [0.2, 0.25) is 0 Å². The van der Waals surface area contributed by atoms with E-state index in [4.69, 9.17) is 9.47 Å². The number of urea groups is 1. The number of anilines is 1. The lowest BCUT2D eigenvalue weighted by Crippen LogP contribution is -2.49. The molecular formula is C14H20N2O3. The van der Waals surface area contributed by atoms with E-state index in [9.17, 15) is 4.79 Å². The molecule has 0 aromatic heterocycles. The maximum Gasteiger partial charge on any atom is 0.322 e. The zero-order chi connectivity index (χ0) is 13.8. The van der Waals surface area contributed by atoms with Crippen molar-refractivity contribution in [2.75, 3.05) is 25.5 Å². The molecule has 1 aromatic carbocycles. The van der Waals surface area contributed by atoms with Gasteiger partial charge in [0.15, 0.2) is 0 Å². The molecule has 104 valence electrons. The van der Waals surface area contributed by atoms with Gasteiger partial charge in [-0.15, -0.1) is 0 Å². The van der Waals surface area contributed by atoms with Crippen molar-refractivity contribution in [1.82, 2.24) is 4.90 Å². The van der Waals surface area contributed by atoms with Gasteiger partial charge in [0.25, 0.3) is 0 Å². The first-order valence-corrected chi connectivity index (χ1v) is 6.44. The van der Waals surface area contributed by atoms with Gasteiger partial charge in [0, 0.05) is 24.8 Å². The number of rotatable bonds is 2. The Morgan fingerprint density at radius 3 is 2.68 bits per heavy atom. The zero-order valence-electron chi connectivity index (χ0n) is 11.6. The second-order valence-corrected chi connectivity index (χ2v) is 4.82. The molecule has 1 aromatic rings. The summed E-state index contributed by atoms with van der Waals surface area (Å²) in [5, 5.41) is 2.88. The molecule has 2 atom stereocenters. The summed E-state index contributed by atoms with van der Waals surface area (Å²) in [4.78, 5) is 14.0. The highest BCUT2D eigenvalue weighted by atomic mass is 16.5. The van der Waals surface area contributed by atoms with Crippen LogP contribution in [0, 0.1) is 0 Å². The molecule has 1 saturated heterocycles. The molecule has 0 unspecified atom stereocenters. The van der Waals surface area contributed by atoms with Crippen molar-refractivity contribution in [3.63, 3.8) is 0 Å². The number of morpholine rings is 1. The summed E-state index contributed by atoms with van der Waals surface area (Å²) in [5.41, 5.74) is 0.733. The number of carbonyl (C=O) groups excluding carboxylic acids is 1. The minimum absolute atomic E-state index is 0.0693. The smallest absolute Gasteiger partial charge is 0.322 e. The standard InChI is InChI=1S/C14H20N2O3/c1-10-8-16(9-11(2)19-10)14(17)15-12-5-4-6-13(7-12)18-3/h4-7,10-11H,8-9H2,1-3H3,(H,15,17)/t10-,11-/m0/s1. The van der Waals surface area contributed by atoms with E-state index < -0.39 is 0 Å². The monoisotopic (exact) mass is 264 g/mol. The average Bonchev–Trinajstić information content (AvgIpc) is 2.37. The van der Waals surface area contributed by atoms with Crippen LogP contribution in [0.4, 0.5) is 10.5 Å². The molecule has 5 nitrogen and oxygen atoms in total. The summed E-state index contributed by atoms with van der Waals surface area (Å²) in [6.07, 6.45) is 0.139. The van der Waals surface area contributed by atoms with Gasteiger partial charge in [0.1, 0.15) is 5.75 Å². The van der Waals surface area contributed by atoms with Crippen LogP contribution in [0.1, 0.15) is 13.8 Å². The van der Waals surface area contributed by atoms with Crippen LogP contribution in [0.5, 0.6) is 5.75 Å². The average molecular weight is 264 g/mol. The van der Waals surface area contributed by atoms with E-state index in [1.54, 1.807) is 18.1 Å². The molecule has 1 aliphatic rings. The Morgan fingerprint density at radius 1 is 1.37 bits per heavy atom. The highest BCUT2D eigenvalue weighted by Gasteiger charge is 2.25. The van der Waals surface area contributed by atoms with Crippen molar-refractivity contribution in [2.24, 2.45) is 0 Å². The van der Waals surface area contributed by atoms with E-state index in [0.717, 1.165) is 11.4 Å². The minimum Gasteiger partial charge on any atom is -0.497 e. The Bertz CT molecular complexity index is 440. The topological polar surface area (TPSA) is 50.8 Å². The number of nitrogens with one attached hydrogen (secondary N) is 1. The number of benzene rings is 1. The third-order valence-electron chi connectivity index (χ3n) is 3.03. The van der Waals surface area contributed by atoms with Gasteiger partial charge in [-0.1, -0.05) is 6.07 Å². The van der Waals surface area contributed by atoms with Gasteiger partial charge in [-0.05, 0) is 26.0 Å².